The van der Waals surface area contributed by atoms with Gasteiger partial charge in [0.1, 0.15) is 13.2 Å². The van der Waals surface area contributed by atoms with Gasteiger partial charge in [-0.3, -0.25) is 14.2 Å². The summed E-state index contributed by atoms with van der Waals surface area (Å²) >= 11 is 0. The van der Waals surface area contributed by atoms with Crippen molar-refractivity contribution in [2.45, 2.75) is 26.0 Å². The molecule has 0 radical (unpaired) electrons. The maximum Gasteiger partial charge on any atom is 0.326 e. The zero-order valence-electron chi connectivity index (χ0n) is 16.1. The number of hydrogen-bond acceptors (Lipinski definition) is 5. The van der Waals surface area contributed by atoms with E-state index in [-0.39, 0.29) is 24.5 Å². The number of nitrogens with zero attached hydrogens (tertiary/aromatic N) is 2. The maximum absolute atomic E-state index is 13.0. The Balaban J connectivity index is 1.56. The number of anilines is 1. The third kappa shape index (κ3) is 4.90. The van der Waals surface area contributed by atoms with Crippen LogP contribution in [0.3, 0.4) is 0 Å². The Morgan fingerprint density at radius 2 is 1.76 bits per heavy atom. The molecule has 1 N–H and O–H groups in total. The van der Waals surface area contributed by atoms with Crippen molar-refractivity contribution < 1.29 is 9.53 Å². The number of carbonyl (C=O) groups excluding carboxylic acids is 1. The van der Waals surface area contributed by atoms with E-state index in [1.807, 2.05) is 60.7 Å². The van der Waals surface area contributed by atoms with E-state index < -0.39 is 5.97 Å². The molecular formula is C23H23N3O3. The lowest BCUT2D eigenvalue weighted by Gasteiger charge is -2.14. The van der Waals surface area contributed by atoms with Gasteiger partial charge in [0, 0.05) is 6.54 Å². The summed E-state index contributed by atoms with van der Waals surface area (Å²) in [5.74, 6) is 0.411. The highest BCUT2D eigenvalue weighted by Crippen LogP contribution is 2.28. The smallest absolute Gasteiger partial charge is 0.326 e. The van der Waals surface area contributed by atoms with Gasteiger partial charge in [-0.25, -0.2) is 4.98 Å². The van der Waals surface area contributed by atoms with Crippen LogP contribution in [0, 0.1) is 5.92 Å². The van der Waals surface area contributed by atoms with E-state index in [0.29, 0.717) is 11.6 Å². The van der Waals surface area contributed by atoms with E-state index >= 15 is 0 Å². The minimum Gasteiger partial charge on any atom is -0.459 e. The second-order valence-electron chi connectivity index (χ2n) is 7.22. The van der Waals surface area contributed by atoms with Crippen LogP contribution in [-0.2, 0) is 22.7 Å². The summed E-state index contributed by atoms with van der Waals surface area (Å²) in [4.78, 5) is 29.8. The summed E-state index contributed by atoms with van der Waals surface area (Å²) < 4.78 is 6.82. The topological polar surface area (TPSA) is 73.2 Å². The second kappa shape index (κ2) is 8.73. The van der Waals surface area contributed by atoms with E-state index in [9.17, 15) is 9.59 Å². The van der Waals surface area contributed by atoms with Crippen LogP contribution >= 0.6 is 0 Å². The van der Waals surface area contributed by atoms with Gasteiger partial charge >= 0.3 is 5.97 Å². The van der Waals surface area contributed by atoms with Crippen molar-refractivity contribution >= 4 is 11.8 Å². The van der Waals surface area contributed by atoms with Crippen molar-refractivity contribution in [1.82, 2.24) is 9.55 Å². The molecule has 6 heteroatoms. The molecule has 1 aromatic heterocycles. The molecule has 29 heavy (non-hydrogen) atoms. The highest BCUT2D eigenvalue weighted by Gasteiger charge is 2.22. The average molecular weight is 389 g/mol. The predicted molar refractivity (Wildman–Crippen MR) is 111 cm³/mol. The molecular weight excluding hydrogens is 366 g/mol. The normalized spacial score (nSPS) is 13.1. The van der Waals surface area contributed by atoms with Gasteiger partial charge in [-0.1, -0.05) is 60.7 Å². The lowest BCUT2D eigenvalue weighted by atomic mass is 10.1. The molecule has 1 aliphatic rings. The molecule has 0 aliphatic heterocycles. The zero-order chi connectivity index (χ0) is 20.1. The van der Waals surface area contributed by atoms with Crippen LogP contribution in [-0.4, -0.2) is 22.1 Å². The van der Waals surface area contributed by atoms with Crippen LogP contribution < -0.4 is 10.9 Å². The monoisotopic (exact) mass is 389 g/mol. The van der Waals surface area contributed by atoms with E-state index in [4.69, 9.17) is 4.74 Å². The van der Waals surface area contributed by atoms with Crippen LogP contribution in [0.5, 0.6) is 0 Å². The van der Waals surface area contributed by atoms with Gasteiger partial charge in [-0.05, 0) is 29.9 Å². The standard InChI is InChI=1S/C23H23N3O3/c27-21(29-16-18-7-3-1-4-8-18)15-26-20(19-9-5-2-6-10-19)14-25-22(23(26)28)24-13-17-11-12-17/h1-10,14,17H,11-13,15-16H2,(H,24,25). The first-order chi connectivity index (χ1) is 14.2. The maximum atomic E-state index is 13.0. The average Bonchev–Trinajstić information content (AvgIpc) is 3.59. The zero-order valence-corrected chi connectivity index (χ0v) is 16.1. The number of rotatable bonds is 8. The molecule has 0 atom stereocenters. The fourth-order valence-electron chi connectivity index (χ4n) is 3.08. The van der Waals surface area contributed by atoms with Crippen LogP contribution in [0.1, 0.15) is 18.4 Å². The van der Waals surface area contributed by atoms with Gasteiger partial charge in [0.25, 0.3) is 5.56 Å². The van der Waals surface area contributed by atoms with Gasteiger partial charge in [0.2, 0.25) is 0 Å². The van der Waals surface area contributed by atoms with Gasteiger partial charge in [0.15, 0.2) is 5.82 Å². The van der Waals surface area contributed by atoms with E-state index in [1.165, 1.54) is 17.4 Å². The van der Waals surface area contributed by atoms with Crippen molar-refractivity contribution in [3.63, 3.8) is 0 Å². The molecule has 1 aliphatic carbocycles. The van der Waals surface area contributed by atoms with Crippen LogP contribution in [0.4, 0.5) is 5.82 Å². The van der Waals surface area contributed by atoms with Crippen molar-refractivity contribution in [3.05, 3.63) is 82.8 Å². The van der Waals surface area contributed by atoms with E-state index in [1.54, 1.807) is 6.20 Å². The predicted octanol–water partition coefficient (Wildman–Crippen LogP) is 3.48. The van der Waals surface area contributed by atoms with Gasteiger partial charge in [0.05, 0.1) is 11.9 Å². The molecule has 1 heterocycles. The molecule has 148 valence electrons. The molecule has 4 rings (SSSR count). The SMILES string of the molecule is O=C(Cn1c(-c2ccccc2)cnc(NCC2CC2)c1=O)OCc1ccccc1. The third-order valence-corrected chi connectivity index (χ3v) is 4.91. The van der Waals surface area contributed by atoms with Gasteiger partial charge < -0.3 is 10.1 Å². The van der Waals surface area contributed by atoms with Crippen molar-refractivity contribution in [3.8, 4) is 11.3 Å². The van der Waals surface area contributed by atoms with Gasteiger partial charge in [-0.2, -0.15) is 0 Å². The molecule has 0 bridgehead atoms. The molecule has 0 saturated heterocycles. The van der Waals surface area contributed by atoms with E-state index in [2.05, 4.69) is 10.3 Å². The highest BCUT2D eigenvalue weighted by atomic mass is 16.5. The van der Waals surface area contributed by atoms with Gasteiger partial charge in [-0.15, -0.1) is 0 Å². The quantitative estimate of drug-likeness (QED) is 0.597. The van der Waals surface area contributed by atoms with Crippen molar-refractivity contribution in [2.75, 3.05) is 11.9 Å². The molecule has 0 amide bonds. The molecule has 1 fully saturated rings. The minimum atomic E-state index is -0.465. The number of nitrogens with one attached hydrogen (secondary N) is 1. The Morgan fingerprint density at radius 3 is 2.45 bits per heavy atom. The summed E-state index contributed by atoms with van der Waals surface area (Å²) in [7, 11) is 0. The molecule has 0 unspecified atom stereocenters. The van der Waals surface area contributed by atoms with Crippen molar-refractivity contribution in [2.24, 2.45) is 5.92 Å². The van der Waals surface area contributed by atoms with Crippen LogP contribution in [0.15, 0.2) is 71.7 Å². The number of esters is 1. The first-order valence-electron chi connectivity index (χ1n) is 9.79. The molecule has 0 spiro atoms. The van der Waals surface area contributed by atoms with Crippen LogP contribution in [0.2, 0.25) is 0 Å². The molecule has 2 aromatic carbocycles. The Kier molecular flexibility index (Phi) is 5.70. The lowest BCUT2D eigenvalue weighted by molar-refractivity contribution is -0.145. The summed E-state index contributed by atoms with van der Waals surface area (Å²) in [5, 5.41) is 3.13. The molecule has 1 saturated carbocycles. The lowest BCUT2D eigenvalue weighted by Crippen LogP contribution is -2.30. The second-order valence-corrected chi connectivity index (χ2v) is 7.22. The number of aromatic nitrogens is 2. The number of hydrogen-bond donors (Lipinski definition) is 1. The fourth-order valence-corrected chi connectivity index (χ4v) is 3.08. The Labute approximate surface area is 169 Å². The van der Waals surface area contributed by atoms with Crippen molar-refractivity contribution in [1.29, 1.82) is 0 Å². The molecule has 3 aromatic rings. The summed E-state index contributed by atoms with van der Waals surface area (Å²) in [5.41, 5.74) is 1.99. The minimum absolute atomic E-state index is 0.170. The number of ether oxygens (including phenoxy) is 1. The summed E-state index contributed by atoms with van der Waals surface area (Å²) in [6, 6.07) is 18.9. The Hall–Kier alpha value is -3.41. The first kappa shape index (κ1) is 18.9. The summed E-state index contributed by atoms with van der Waals surface area (Å²) in [6.45, 7) is 0.731. The largest absolute Gasteiger partial charge is 0.459 e. The third-order valence-electron chi connectivity index (χ3n) is 4.91. The van der Waals surface area contributed by atoms with Crippen LogP contribution in [0.25, 0.3) is 11.3 Å². The number of benzene rings is 2. The molecule has 6 nitrogen and oxygen atoms in total. The summed E-state index contributed by atoms with van der Waals surface area (Å²) in [6.07, 6.45) is 3.99. The number of carbonyl (C=O) groups is 1. The highest BCUT2D eigenvalue weighted by molar-refractivity contribution is 5.71. The Bertz CT molecular complexity index is 1030. The Morgan fingerprint density at radius 1 is 1.07 bits per heavy atom. The fraction of sp³-hybridized carbons (Fsp3) is 0.261. The van der Waals surface area contributed by atoms with E-state index in [0.717, 1.165) is 17.7 Å². The first-order valence-corrected chi connectivity index (χ1v) is 9.79.